The Morgan fingerprint density at radius 1 is 1.20 bits per heavy atom. The number of para-hydroxylation sites is 1. The van der Waals surface area contributed by atoms with Crippen LogP contribution in [0.2, 0.25) is 0 Å². The molecule has 0 saturated carbocycles. The van der Waals surface area contributed by atoms with E-state index in [0.717, 1.165) is 17.3 Å². The van der Waals surface area contributed by atoms with Crippen molar-refractivity contribution in [3.05, 3.63) is 69.9 Å². The van der Waals surface area contributed by atoms with Crippen LogP contribution in [0.25, 0.3) is 11.0 Å². The second-order valence-electron chi connectivity index (χ2n) is 7.89. The van der Waals surface area contributed by atoms with Crippen LogP contribution in [0.5, 0.6) is 11.5 Å². The summed E-state index contributed by atoms with van der Waals surface area (Å²) in [6.07, 6.45) is 0. The summed E-state index contributed by atoms with van der Waals surface area (Å²) in [7, 11) is 0. The molecule has 35 heavy (non-hydrogen) atoms. The molecule has 1 N–H and O–H groups in total. The fraction of sp³-hybridized carbons (Fsp3) is 0.250. The Labute approximate surface area is 203 Å². The first-order valence-electron chi connectivity index (χ1n) is 11.0. The predicted molar refractivity (Wildman–Crippen MR) is 130 cm³/mol. The minimum atomic E-state index is -0.521. The number of nitrogens with zero attached hydrogens (tertiary/aromatic N) is 4. The third kappa shape index (κ3) is 4.46. The fourth-order valence-corrected chi connectivity index (χ4v) is 4.66. The highest BCUT2D eigenvalue weighted by atomic mass is 32.2. The number of fused-ring (bicyclic) bond motifs is 2. The van der Waals surface area contributed by atoms with E-state index >= 15 is 0 Å². The Hall–Kier alpha value is -3.86. The van der Waals surface area contributed by atoms with Crippen LogP contribution in [-0.2, 0) is 17.9 Å². The number of hydrogen-bond acceptors (Lipinski definition) is 7. The second kappa shape index (κ2) is 9.41. The molecule has 0 aliphatic carbocycles. The monoisotopic (exact) mass is 495 g/mol. The molecule has 180 valence electrons. The quantitative estimate of drug-likeness (QED) is 0.309. The number of anilines is 1. The molecule has 1 aliphatic heterocycles. The van der Waals surface area contributed by atoms with Crippen LogP contribution in [-0.4, -0.2) is 37.8 Å². The normalized spacial score (nSPS) is 12.3. The van der Waals surface area contributed by atoms with Crippen LogP contribution in [0, 0.1) is 12.7 Å². The number of aryl methyl sites for hydroxylation is 2. The van der Waals surface area contributed by atoms with Gasteiger partial charge in [-0.3, -0.25) is 18.8 Å². The van der Waals surface area contributed by atoms with E-state index in [2.05, 4.69) is 10.4 Å². The Morgan fingerprint density at radius 3 is 2.80 bits per heavy atom. The van der Waals surface area contributed by atoms with E-state index in [-0.39, 0.29) is 30.3 Å². The molecule has 0 unspecified atom stereocenters. The lowest BCUT2D eigenvalue weighted by Gasteiger charge is -2.13. The molecule has 2 aromatic heterocycles. The highest BCUT2D eigenvalue weighted by Gasteiger charge is 2.20. The Balaban J connectivity index is 1.49. The molecule has 0 bridgehead atoms. The van der Waals surface area contributed by atoms with Gasteiger partial charge in [-0.1, -0.05) is 30.0 Å². The van der Waals surface area contributed by atoms with E-state index in [1.807, 2.05) is 19.1 Å². The minimum Gasteiger partial charge on any atom is -0.454 e. The summed E-state index contributed by atoms with van der Waals surface area (Å²) in [6, 6.07) is 11.4. The number of carbonyl (C=O) groups excluding carboxylic acids is 1. The van der Waals surface area contributed by atoms with Gasteiger partial charge in [0.25, 0.3) is 5.56 Å². The third-order valence-electron chi connectivity index (χ3n) is 5.54. The number of carbonyl (C=O) groups is 1. The molecule has 9 nitrogen and oxygen atoms in total. The molecule has 0 saturated heterocycles. The van der Waals surface area contributed by atoms with Crippen LogP contribution in [0.4, 0.5) is 10.1 Å². The molecule has 1 aliphatic rings. The summed E-state index contributed by atoms with van der Waals surface area (Å²) in [4.78, 5) is 30.8. The molecule has 1 amide bonds. The van der Waals surface area contributed by atoms with Gasteiger partial charge >= 0.3 is 0 Å². The summed E-state index contributed by atoms with van der Waals surface area (Å²) >= 11 is 1.10. The first-order chi connectivity index (χ1) is 16.9. The Kier molecular flexibility index (Phi) is 6.16. The maximum absolute atomic E-state index is 13.9. The van der Waals surface area contributed by atoms with Crippen LogP contribution in [0.15, 0.2) is 52.4 Å². The smallest absolute Gasteiger partial charge is 0.280 e. The van der Waals surface area contributed by atoms with Gasteiger partial charge < -0.3 is 14.8 Å². The number of benzene rings is 2. The molecular formula is C24H22FN5O4S. The number of rotatable bonds is 7. The van der Waals surface area contributed by atoms with Gasteiger partial charge in [0.1, 0.15) is 11.3 Å². The molecule has 11 heteroatoms. The number of nitrogens with one attached hydrogen (secondary N) is 1. The third-order valence-corrected chi connectivity index (χ3v) is 6.52. The minimum absolute atomic E-state index is 0.0611. The molecule has 0 spiro atoms. The first kappa shape index (κ1) is 22.9. The van der Waals surface area contributed by atoms with E-state index in [1.165, 1.54) is 16.7 Å². The van der Waals surface area contributed by atoms with Crippen molar-refractivity contribution in [3.63, 3.8) is 0 Å². The summed E-state index contributed by atoms with van der Waals surface area (Å²) in [5.41, 5.74) is 2.19. The average molecular weight is 496 g/mol. The van der Waals surface area contributed by atoms with Gasteiger partial charge in [0.15, 0.2) is 22.2 Å². The van der Waals surface area contributed by atoms with Crippen LogP contribution in [0.3, 0.4) is 0 Å². The topological polar surface area (TPSA) is 100 Å². The van der Waals surface area contributed by atoms with Gasteiger partial charge in [-0.2, -0.15) is 5.10 Å². The van der Waals surface area contributed by atoms with E-state index in [4.69, 9.17) is 14.5 Å². The lowest BCUT2D eigenvalue weighted by molar-refractivity contribution is -0.113. The van der Waals surface area contributed by atoms with Crippen molar-refractivity contribution in [1.29, 1.82) is 0 Å². The van der Waals surface area contributed by atoms with Crippen LogP contribution >= 0.6 is 11.8 Å². The molecule has 0 atom stereocenters. The molecular weight excluding hydrogens is 473 g/mol. The molecule has 3 heterocycles. The largest absolute Gasteiger partial charge is 0.454 e. The SMILES string of the molecule is CCn1nc(C)c2nc(SCC(=O)Nc3ccccc3F)n(Cc3ccc4c(c3)OCO4)c(=O)c21. The Bertz CT molecular complexity index is 1500. The number of thioether (sulfide) groups is 1. The summed E-state index contributed by atoms with van der Waals surface area (Å²) < 4.78 is 27.9. The average Bonchev–Trinajstić information content (AvgIpc) is 3.45. The standard InChI is InChI=1S/C24H22FN5O4S/c1-3-30-22-21(14(2)28-30)27-24(35-12-20(31)26-17-7-5-4-6-16(17)25)29(23(22)32)11-15-8-9-18-19(10-15)34-13-33-18/h4-10H,3,11-13H2,1-2H3,(H,26,31). The van der Waals surface area contributed by atoms with Crippen molar-refractivity contribution in [3.8, 4) is 11.5 Å². The lowest BCUT2D eigenvalue weighted by atomic mass is 10.2. The zero-order chi connectivity index (χ0) is 24.5. The molecule has 2 aromatic carbocycles. The molecule has 4 aromatic rings. The van der Waals surface area contributed by atoms with Gasteiger partial charge in [0.05, 0.1) is 23.7 Å². The fourth-order valence-electron chi connectivity index (χ4n) is 3.87. The maximum atomic E-state index is 13.9. The van der Waals surface area contributed by atoms with Crippen LogP contribution < -0.4 is 20.3 Å². The van der Waals surface area contributed by atoms with Crippen molar-refractivity contribution in [1.82, 2.24) is 19.3 Å². The first-order valence-corrected chi connectivity index (χ1v) is 12.0. The van der Waals surface area contributed by atoms with Gasteiger partial charge in [-0.25, -0.2) is 9.37 Å². The maximum Gasteiger partial charge on any atom is 0.280 e. The number of ether oxygens (including phenoxy) is 2. The van der Waals surface area contributed by atoms with Gasteiger partial charge in [0, 0.05) is 6.54 Å². The number of hydrogen-bond donors (Lipinski definition) is 1. The van der Waals surface area contributed by atoms with Gasteiger partial charge in [0.2, 0.25) is 12.7 Å². The number of amides is 1. The van der Waals surface area contributed by atoms with Gasteiger partial charge in [-0.15, -0.1) is 0 Å². The van der Waals surface area contributed by atoms with E-state index in [9.17, 15) is 14.0 Å². The molecule has 0 fully saturated rings. The molecule has 5 rings (SSSR count). The molecule has 0 radical (unpaired) electrons. The number of halogens is 1. The summed E-state index contributed by atoms with van der Waals surface area (Å²) in [6.45, 7) is 4.58. The van der Waals surface area contributed by atoms with Crippen molar-refractivity contribution in [2.24, 2.45) is 0 Å². The summed E-state index contributed by atoms with van der Waals surface area (Å²) in [5.74, 6) is 0.262. The van der Waals surface area contributed by atoms with Crippen molar-refractivity contribution >= 4 is 34.4 Å². The zero-order valence-corrected chi connectivity index (χ0v) is 19.9. The van der Waals surface area contributed by atoms with E-state index < -0.39 is 11.7 Å². The van der Waals surface area contributed by atoms with Crippen molar-refractivity contribution in [2.75, 3.05) is 17.9 Å². The van der Waals surface area contributed by atoms with E-state index in [1.54, 1.807) is 29.8 Å². The van der Waals surface area contributed by atoms with Crippen molar-refractivity contribution < 1.29 is 18.7 Å². The zero-order valence-electron chi connectivity index (χ0n) is 19.1. The number of aromatic nitrogens is 4. The van der Waals surface area contributed by atoms with E-state index in [0.29, 0.717) is 39.9 Å². The lowest BCUT2D eigenvalue weighted by Crippen LogP contribution is -2.26. The van der Waals surface area contributed by atoms with Crippen LogP contribution in [0.1, 0.15) is 18.2 Å². The Morgan fingerprint density at radius 2 is 2.00 bits per heavy atom. The van der Waals surface area contributed by atoms with Gasteiger partial charge in [-0.05, 0) is 43.7 Å². The predicted octanol–water partition coefficient (Wildman–Crippen LogP) is 3.57. The highest BCUT2D eigenvalue weighted by molar-refractivity contribution is 7.99. The van der Waals surface area contributed by atoms with Crippen molar-refractivity contribution in [2.45, 2.75) is 32.1 Å². The highest BCUT2D eigenvalue weighted by Crippen LogP contribution is 2.33. The summed E-state index contributed by atoms with van der Waals surface area (Å²) in [5, 5.41) is 7.36. The second-order valence-corrected chi connectivity index (χ2v) is 8.83.